The summed E-state index contributed by atoms with van der Waals surface area (Å²) in [4.78, 5) is 4.21. The van der Waals surface area contributed by atoms with Crippen LogP contribution < -0.4 is 11.5 Å². The molecule has 28 heavy (non-hydrogen) atoms. The summed E-state index contributed by atoms with van der Waals surface area (Å²) < 4.78 is 0. The molecule has 1 heterocycles. The van der Waals surface area contributed by atoms with E-state index in [0.717, 1.165) is 33.2 Å². The molecule has 0 saturated heterocycles. The van der Waals surface area contributed by atoms with E-state index in [2.05, 4.69) is 27.3 Å². The van der Waals surface area contributed by atoms with Crippen LogP contribution in [0.5, 0.6) is 0 Å². The standard InChI is InChI=1S/C21H17N5.2ClH/c22-21(23)24-20-18-16(14-8-3-1-4-9-14)12-7-13-17(18)19(25-26-20)15-10-5-2-6-11-15;;/h1-13H,(H4,22,23,24,26);2*1H. The first-order valence-corrected chi connectivity index (χ1v) is 8.24. The first-order valence-electron chi connectivity index (χ1n) is 8.24. The topological polar surface area (TPSA) is 90.2 Å². The molecule has 0 aliphatic heterocycles. The van der Waals surface area contributed by atoms with E-state index in [1.807, 2.05) is 66.7 Å². The molecule has 0 bridgehead atoms. The summed E-state index contributed by atoms with van der Waals surface area (Å²) in [5, 5.41) is 10.5. The van der Waals surface area contributed by atoms with Gasteiger partial charge in [0, 0.05) is 16.3 Å². The van der Waals surface area contributed by atoms with Crippen molar-refractivity contribution in [2.45, 2.75) is 0 Å². The van der Waals surface area contributed by atoms with Gasteiger partial charge >= 0.3 is 0 Å². The van der Waals surface area contributed by atoms with E-state index in [1.54, 1.807) is 0 Å². The lowest BCUT2D eigenvalue weighted by Crippen LogP contribution is -2.22. The fourth-order valence-electron chi connectivity index (χ4n) is 3.06. The van der Waals surface area contributed by atoms with Crippen molar-refractivity contribution in [3.63, 3.8) is 0 Å². The van der Waals surface area contributed by atoms with Crippen molar-refractivity contribution in [1.82, 2.24) is 10.2 Å². The predicted octanol–water partition coefficient (Wildman–Crippen LogP) is 4.71. The number of hydrogen-bond donors (Lipinski definition) is 2. The van der Waals surface area contributed by atoms with Gasteiger partial charge in [-0.05, 0) is 11.1 Å². The average Bonchev–Trinajstić information content (AvgIpc) is 2.69. The van der Waals surface area contributed by atoms with E-state index in [0.29, 0.717) is 5.82 Å². The summed E-state index contributed by atoms with van der Waals surface area (Å²) in [6.45, 7) is 0. The van der Waals surface area contributed by atoms with Crippen LogP contribution in [0.4, 0.5) is 5.82 Å². The molecule has 7 heteroatoms. The highest BCUT2D eigenvalue weighted by Gasteiger charge is 2.15. The molecule has 3 aromatic carbocycles. The van der Waals surface area contributed by atoms with Crippen molar-refractivity contribution in [2.24, 2.45) is 16.5 Å². The number of rotatable bonds is 3. The zero-order chi connectivity index (χ0) is 17.9. The Labute approximate surface area is 175 Å². The molecule has 142 valence electrons. The molecule has 4 N–H and O–H groups in total. The number of halogens is 2. The predicted molar refractivity (Wildman–Crippen MR) is 120 cm³/mol. The zero-order valence-electron chi connectivity index (χ0n) is 14.8. The Balaban J connectivity index is 0.00000140. The molecule has 0 spiro atoms. The number of aliphatic imine (C=N–C) groups is 1. The third-order valence-corrected chi connectivity index (χ3v) is 4.15. The summed E-state index contributed by atoms with van der Waals surface area (Å²) >= 11 is 0. The second-order valence-electron chi connectivity index (χ2n) is 5.87. The summed E-state index contributed by atoms with van der Waals surface area (Å²) in [7, 11) is 0. The summed E-state index contributed by atoms with van der Waals surface area (Å²) in [5.41, 5.74) is 15.1. The number of nitrogens with two attached hydrogens (primary N) is 2. The maximum Gasteiger partial charge on any atom is 0.192 e. The van der Waals surface area contributed by atoms with E-state index in [4.69, 9.17) is 11.5 Å². The van der Waals surface area contributed by atoms with Gasteiger partial charge < -0.3 is 11.5 Å². The van der Waals surface area contributed by atoms with Crippen molar-refractivity contribution in [2.75, 3.05) is 0 Å². The second kappa shape index (κ2) is 9.17. The highest BCUT2D eigenvalue weighted by atomic mass is 35.5. The van der Waals surface area contributed by atoms with Gasteiger partial charge in [0.05, 0.1) is 0 Å². The van der Waals surface area contributed by atoms with Crippen LogP contribution in [0.15, 0.2) is 83.9 Å². The molecular weight excluding hydrogens is 393 g/mol. The van der Waals surface area contributed by atoms with Gasteiger partial charge in [0.2, 0.25) is 0 Å². The van der Waals surface area contributed by atoms with Crippen molar-refractivity contribution >= 4 is 47.4 Å². The summed E-state index contributed by atoms with van der Waals surface area (Å²) in [6, 6.07) is 26.1. The number of hydrogen-bond acceptors (Lipinski definition) is 3. The molecule has 4 aromatic rings. The third kappa shape index (κ3) is 4.06. The Morgan fingerprint density at radius 1 is 0.679 bits per heavy atom. The van der Waals surface area contributed by atoms with Crippen LogP contribution in [0.2, 0.25) is 0 Å². The molecule has 0 aliphatic carbocycles. The molecular formula is C21H19Cl2N5. The molecule has 5 nitrogen and oxygen atoms in total. The summed E-state index contributed by atoms with van der Waals surface area (Å²) in [6.07, 6.45) is 0. The minimum atomic E-state index is -0.0454. The molecule has 4 rings (SSSR count). The van der Waals surface area contributed by atoms with Gasteiger partial charge in [-0.1, -0.05) is 78.9 Å². The Hall–Kier alpha value is -3.15. The van der Waals surface area contributed by atoms with E-state index >= 15 is 0 Å². The minimum absolute atomic E-state index is 0. The van der Waals surface area contributed by atoms with Crippen LogP contribution in [-0.2, 0) is 0 Å². The van der Waals surface area contributed by atoms with Crippen molar-refractivity contribution in [3.05, 3.63) is 78.9 Å². The Morgan fingerprint density at radius 3 is 1.89 bits per heavy atom. The summed E-state index contributed by atoms with van der Waals surface area (Å²) in [5.74, 6) is 0.370. The van der Waals surface area contributed by atoms with Gasteiger partial charge in [-0.25, -0.2) is 0 Å². The molecule has 0 fully saturated rings. The maximum atomic E-state index is 5.61. The Morgan fingerprint density at radius 2 is 1.29 bits per heavy atom. The normalized spacial score (nSPS) is 9.86. The van der Waals surface area contributed by atoms with Gasteiger partial charge in [0.1, 0.15) is 5.69 Å². The number of fused-ring (bicyclic) bond motifs is 1. The van der Waals surface area contributed by atoms with E-state index in [1.165, 1.54) is 0 Å². The largest absolute Gasteiger partial charge is 0.370 e. The Kier molecular flexibility index (Phi) is 6.93. The highest BCUT2D eigenvalue weighted by molar-refractivity contribution is 6.08. The van der Waals surface area contributed by atoms with E-state index < -0.39 is 0 Å². The van der Waals surface area contributed by atoms with Crippen LogP contribution in [0.1, 0.15) is 0 Å². The number of nitrogens with zero attached hydrogens (tertiary/aromatic N) is 3. The number of aromatic nitrogens is 2. The van der Waals surface area contributed by atoms with Crippen LogP contribution in [0.3, 0.4) is 0 Å². The van der Waals surface area contributed by atoms with Crippen LogP contribution in [-0.4, -0.2) is 16.2 Å². The number of benzene rings is 3. The van der Waals surface area contributed by atoms with E-state index in [9.17, 15) is 0 Å². The molecule has 0 amide bonds. The van der Waals surface area contributed by atoms with Crippen molar-refractivity contribution in [1.29, 1.82) is 0 Å². The third-order valence-electron chi connectivity index (χ3n) is 4.15. The molecule has 1 aromatic heterocycles. The van der Waals surface area contributed by atoms with Gasteiger partial charge in [-0.3, -0.25) is 0 Å². The Bertz CT molecular complexity index is 1100. The fourth-order valence-corrected chi connectivity index (χ4v) is 3.06. The van der Waals surface area contributed by atoms with Crippen molar-refractivity contribution < 1.29 is 0 Å². The first kappa shape index (κ1) is 21.2. The molecule has 0 unspecified atom stereocenters. The quantitative estimate of drug-likeness (QED) is 0.377. The lowest BCUT2D eigenvalue weighted by Gasteiger charge is -2.12. The first-order chi connectivity index (χ1) is 12.7. The smallest absolute Gasteiger partial charge is 0.192 e. The molecule has 0 aliphatic rings. The van der Waals surface area contributed by atoms with Gasteiger partial charge in [0.25, 0.3) is 0 Å². The molecule has 0 radical (unpaired) electrons. The average molecular weight is 412 g/mol. The van der Waals surface area contributed by atoms with Crippen LogP contribution in [0, 0.1) is 0 Å². The fraction of sp³-hybridized carbons (Fsp3) is 0. The molecule has 0 atom stereocenters. The van der Waals surface area contributed by atoms with Gasteiger partial charge in [-0.15, -0.1) is 35.0 Å². The molecule has 0 saturated carbocycles. The monoisotopic (exact) mass is 411 g/mol. The van der Waals surface area contributed by atoms with Crippen LogP contribution >= 0.6 is 24.8 Å². The highest BCUT2D eigenvalue weighted by Crippen LogP contribution is 2.37. The lowest BCUT2D eigenvalue weighted by atomic mass is 9.96. The van der Waals surface area contributed by atoms with E-state index in [-0.39, 0.29) is 30.8 Å². The zero-order valence-corrected chi connectivity index (χ0v) is 16.5. The second-order valence-corrected chi connectivity index (χ2v) is 5.87. The maximum absolute atomic E-state index is 5.61. The van der Waals surface area contributed by atoms with Crippen LogP contribution in [0.25, 0.3) is 33.2 Å². The number of guanidine groups is 1. The van der Waals surface area contributed by atoms with Crippen molar-refractivity contribution in [3.8, 4) is 22.4 Å². The minimum Gasteiger partial charge on any atom is -0.370 e. The van der Waals surface area contributed by atoms with Gasteiger partial charge in [-0.2, -0.15) is 4.99 Å². The van der Waals surface area contributed by atoms with Gasteiger partial charge in [0.15, 0.2) is 11.8 Å². The SMILES string of the molecule is Cl.Cl.NC(N)=Nc1nnc(-c2ccccc2)c2cccc(-c3ccccc3)c12. The lowest BCUT2D eigenvalue weighted by molar-refractivity contribution is 1.05.